The molecule has 0 unspecified atom stereocenters. The van der Waals surface area contributed by atoms with Crippen molar-refractivity contribution in [3.63, 3.8) is 0 Å². The molecular weight excluding hydrogens is 221 g/mol. The van der Waals surface area contributed by atoms with E-state index >= 15 is 0 Å². The van der Waals surface area contributed by atoms with Crippen molar-refractivity contribution < 1.29 is 23.4 Å². The second-order valence-electron chi connectivity index (χ2n) is 2.62. The number of benzene rings is 1. The SMILES string of the molecule is Oc1c(Cl)cccc1[C@H](O)C(F)(F)F. The van der Waals surface area contributed by atoms with Crippen molar-refractivity contribution in [1.29, 1.82) is 0 Å². The van der Waals surface area contributed by atoms with E-state index in [-0.39, 0.29) is 5.02 Å². The molecule has 1 aromatic carbocycles. The number of aliphatic hydroxyl groups excluding tert-OH is 1. The standard InChI is InChI=1S/C8H6ClF3O2/c9-5-3-1-2-4(6(5)13)7(14)8(10,11)12/h1-3,7,13-14H/t7-/m0/s1. The van der Waals surface area contributed by atoms with Gasteiger partial charge >= 0.3 is 6.18 Å². The minimum atomic E-state index is -4.82. The maximum atomic E-state index is 12.0. The maximum absolute atomic E-state index is 12.0. The lowest BCUT2D eigenvalue weighted by Gasteiger charge is -2.16. The normalized spacial score (nSPS) is 14.1. The molecule has 78 valence electrons. The number of hydrogen-bond acceptors (Lipinski definition) is 2. The highest BCUT2D eigenvalue weighted by atomic mass is 35.5. The number of phenolic OH excluding ortho intramolecular Hbond substituents is 1. The predicted molar refractivity (Wildman–Crippen MR) is 44.1 cm³/mol. The molecule has 14 heavy (non-hydrogen) atoms. The Morgan fingerprint density at radius 1 is 1.29 bits per heavy atom. The Hall–Kier alpha value is -0.940. The number of rotatable bonds is 1. The first-order valence-electron chi connectivity index (χ1n) is 3.56. The molecule has 1 atom stereocenters. The summed E-state index contributed by atoms with van der Waals surface area (Å²) < 4.78 is 36.1. The molecule has 0 fully saturated rings. The van der Waals surface area contributed by atoms with Crippen molar-refractivity contribution >= 4 is 11.6 Å². The summed E-state index contributed by atoms with van der Waals surface area (Å²) in [6, 6.07) is 3.40. The zero-order chi connectivity index (χ0) is 10.9. The molecule has 2 N–H and O–H groups in total. The van der Waals surface area contributed by atoms with Gasteiger partial charge in [0, 0.05) is 5.56 Å². The lowest BCUT2D eigenvalue weighted by Crippen LogP contribution is -2.20. The summed E-state index contributed by atoms with van der Waals surface area (Å²) in [6.45, 7) is 0. The average molecular weight is 227 g/mol. The molecule has 0 bridgehead atoms. The van der Waals surface area contributed by atoms with Gasteiger partial charge in [-0.25, -0.2) is 0 Å². The van der Waals surface area contributed by atoms with Crippen LogP contribution in [-0.2, 0) is 0 Å². The lowest BCUT2D eigenvalue weighted by molar-refractivity contribution is -0.207. The molecule has 0 aromatic heterocycles. The van der Waals surface area contributed by atoms with Crippen LogP contribution >= 0.6 is 11.6 Å². The molecule has 0 heterocycles. The minimum absolute atomic E-state index is 0.231. The second-order valence-corrected chi connectivity index (χ2v) is 3.03. The van der Waals surface area contributed by atoms with Crippen LogP contribution in [0.4, 0.5) is 13.2 Å². The Kier molecular flexibility index (Phi) is 2.92. The van der Waals surface area contributed by atoms with Gasteiger partial charge in [-0.1, -0.05) is 23.7 Å². The van der Waals surface area contributed by atoms with Crippen LogP contribution in [0.25, 0.3) is 0 Å². The Bertz CT molecular complexity index is 338. The van der Waals surface area contributed by atoms with E-state index < -0.39 is 23.6 Å². The van der Waals surface area contributed by atoms with Crippen LogP contribution < -0.4 is 0 Å². The molecular formula is C8H6ClF3O2. The summed E-state index contributed by atoms with van der Waals surface area (Å²) in [6.07, 6.45) is -7.54. The summed E-state index contributed by atoms with van der Waals surface area (Å²) >= 11 is 5.38. The fraction of sp³-hybridized carbons (Fsp3) is 0.250. The van der Waals surface area contributed by atoms with Gasteiger partial charge in [0.2, 0.25) is 0 Å². The first kappa shape index (κ1) is 11.1. The molecule has 0 aliphatic carbocycles. The fourth-order valence-electron chi connectivity index (χ4n) is 0.929. The molecule has 0 saturated heterocycles. The highest BCUT2D eigenvalue weighted by Gasteiger charge is 2.40. The van der Waals surface area contributed by atoms with Crippen LogP contribution in [0.15, 0.2) is 18.2 Å². The molecule has 0 aliphatic rings. The van der Waals surface area contributed by atoms with Gasteiger partial charge in [0.05, 0.1) is 5.02 Å². The van der Waals surface area contributed by atoms with Gasteiger partial charge in [-0.05, 0) is 6.07 Å². The van der Waals surface area contributed by atoms with Gasteiger partial charge in [-0.2, -0.15) is 13.2 Å². The zero-order valence-corrected chi connectivity index (χ0v) is 7.47. The van der Waals surface area contributed by atoms with E-state index in [4.69, 9.17) is 21.8 Å². The van der Waals surface area contributed by atoms with Crippen molar-refractivity contribution in [2.24, 2.45) is 0 Å². The molecule has 0 saturated carbocycles. The number of halogens is 4. The highest BCUT2D eigenvalue weighted by Crippen LogP contribution is 2.39. The number of alkyl halides is 3. The second kappa shape index (κ2) is 3.67. The van der Waals surface area contributed by atoms with E-state index in [2.05, 4.69) is 0 Å². The van der Waals surface area contributed by atoms with Crippen molar-refractivity contribution in [3.05, 3.63) is 28.8 Å². The first-order chi connectivity index (χ1) is 6.34. The molecule has 0 amide bonds. The van der Waals surface area contributed by atoms with Crippen LogP contribution in [-0.4, -0.2) is 16.4 Å². The Balaban J connectivity index is 3.14. The fourth-order valence-corrected chi connectivity index (χ4v) is 1.11. The van der Waals surface area contributed by atoms with Gasteiger partial charge in [-0.15, -0.1) is 0 Å². The number of hydrogen-bond donors (Lipinski definition) is 2. The smallest absolute Gasteiger partial charge is 0.418 e. The minimum Gasteiger partial charge on any atom is -0.506 e. The van der Waals surface area contributed by atoms with Crippen molar-refractivity contribution in [2.45, 2.75) is 12.3 Å². The van der Waals surface area contributed by atoms with Crippen LogP contribution in [0.5, 0.6) is 5.75 Å². The molecule has 0 aliphatic heterocycles. The van der Waals surface area contributed by atoms with Gasteiger partial charge in [0.15, 0.2) is 6.10 Å². The van der Waals surface area contributed by atoms with Crippen LogP contribution in [0.1, 0.15) is 11.7 Å². The van der Waals surface area contributed by atoms with Crippen LogP contribution in [0, 0.1) is 0 Å². The van der Waals surface area contributed by atoms with Gasteiger partial charge in [0.25, 0.3) is 0 Å². The third-order valence-electron chi connectivity index (χ3n) is 1.62. The topological polar surface area (TPSA) is 40.5 Å². The number of aromatic hydroxyl groups is 1. The van der Waals surface area contributed by atoms with Crippen LogP contribution in [0.3, 0.4) is 0 Å². The summed E-state index contributed by atoms with van der Waals surface area (Å²) in [4.78, 5) is 0. The molecule has 1 rings (SSSR count). The average Bonchev–Trinajstić information content (AvgIpc) is 2.07. The number of phenols is 1. The Morgan fingerprint density at radius 3 is 2.36 bits per heavy atom. The molecule has 6 heteroatoms. The van der Waals surface area contributed by atoms with E-state index in [1.807, 2.05) is 0 Å². The predicted octanol–water partition coefficient (Wildman–Crippen LogP) is 2.64. The van der Waals surface area contributed by atoms with Gasteiger partial charge < -0.3 is 10.2 Å². The summed E-state index contributed by atoms with van der Waals surface area (Å²) in [5.74, 6) is -0.751. The van der Waals surface area contributed by atoms with Gasteiger partial charge in [-0.3, -0.25) is 0 Å². The van der Waals surface area contributed by atoms with E-state index in [9.17, 15) is 13.2 Å². The lowest BCUT2D eigenvalue weighted by atomic mass is 10.1. The van der Waals surface area contributed by atoms with Crippen molar-refractivity contribution in [2.75, 3.05) is 0 Å². The molecule has 1 aromatic rings. The monoisotopic (exact) mass is 226 g/mol. The molecule has 0 radical (unpaired) electrons. The van der Waals surface area contributed by atoms with Crippen molar-refractivity contribution in [1.82, 2.24) is 0 Å². The molecule has 0 spiro atoms. The summed E-state index contributed by atoms with van der Waals surface area (Å²) in [5, 5.41) is 17.7. The zero-order valence-electron chi connectivity index (χ0n) is 6.72. The highest BCUT2D eigenvalue weighted by molar-refractivity contribution is 6.32. The third-order valence-corrected chi connectivity index (χ3v) is 1.93. The summed E-state index contributed by atoms with van der Waals surface area (Å²) in [7, 11) is 0. The largest absolute Gasteiger partial charge is 0.506 e. The quantitative estimate of drug-likeness (QED) is 0.773. The van der Waals surface area contributed by atoms with E-state index in [0.29, 0.717) is 0 Å². The summed E-state index contributed by atoms with van der Waals surface area (Å²) in [5.41, 5.74) is -0.648. The van der Waals surface area contributed by atoms with E-state index in [1.54, 1.807) is 0 Å². The number of aliphatic hydroxyl groups is 1. The first-order valence-corrected chi connectivity index (χ1v) is 3.94. The third kappa shape index (κ3) is 2.10. The van der Waals surface area contributed by atoms with Crippen LogP contribution in [0.2, 0.25) is 5.02 Å². The maximum Gasteiger partial charge on any atom is 0.418 e. The van der Waals surface area contributed by atoms with E-state index in [1.165, 1.54) is 12.1 Å². The van der Waals surface area contributed by atoms with Crippen molar-refractivity contribution in [3.8, 4) is 5.75 Å². The Labute approximate surface area is 82.5 Å². The van der Waals surface area contributed by atoms with Gasteiger partial charge in [0.1, 0.15) is 5.75 Å². The number of para-hydroxylation sites is 1. The Morgan fingerprint density at radius 2 is 1.86 bits per heavy atom. The van der Waals surface area contributed by atoms with E-state index in [0.717, 1.165) is 6.07 Å². The molecule has 2 nitrogen and oxygen atoms in total.